The Morgan fingerprint density at radius 2 is 1.56 bits per heavy atom. The third-order valence-electron chi connectivity index (χ3n) is 4.54. The highest BCUT2D eigenvalue weighted by Crippen LogP contribution is 2.30. The van der Waals surface area contributed by atoms with Gasteiger partial charge in [0.1, 0.15) is 11.6 Å². The summed E-state index contributed by atoms with van der Waals surface area (Å²) in [5, 5.41) is 4.89. The molecule has 176 valence electrons. The van der Waals surface area contributed by atoms with Crippen LogP contribution in [-0.2, 0) is 11.0 Å². The molecular formula is C24H18F4N2O4. The van der Waals surface area contributed by atoms with Gasteiger partial charge in [0.25, 0.3) is 11.8 Å². The number of hydrogen-bond donors (Lipinski definition) is 2. The van der Waals surface area contributed by atoms with E-state index in [0.29, 0.717) is 0 Å². The van der Waals surface area contributed by atoms with Crippen LogP contribution < -0.4 is 15.4 Å². The molecule has 3 rings (SSSR count). The second-order valence-electron chi connectivity index (χ2n) is 7.15. The van der Waals surface area contributed by atoms with Crippen molar-refractivity contribution in [3.05, 3.63) is 89.2 Å². The molecule has 0 heterocycles. The standard InChI is InChI=1S/C24H18F4N2O4/c1-14(31)20-12-17(25)8-9-21(20)34-13-22(32)29-18-6-2-4-15(10-18)23(33)30-19-7-3-5-16(11-19)24(26,27)28/h2-12H,13H2,1H3,(H,29,32)(H,30,33). The molecule has 0 aliphatic heterocycles. The van der Waals surface area contributed by atoms with Crippen LogP contribution in [-0.4, -0.2) is 24.2 Å². The summed E-state index contributed by atoms with van der Waals surface area (Å²) < 4.78 is 57.2. The number of ether oxygens (including phenoxy) is 1. The van der Waals surface area contributed by atoms with Crippen LogP contribution in [0.25, 0.3) is 0 Å². The quantitative estimate of drug-likeness (QED) is 0.359. The summed E-state index contributed by atoms with van der Waals surface area (Å²) in [5.41, 5.74) is -0.630. The fraction of sp³-hybridized carbons (Fsp3) is 0.125. The molecule has 0 radical (unpaired) electrons. The lowest BCUT2D eigenvalue weighted by atomic mass is 10.1. The highest BCUT2D eigenvalue weighted by molar-refractivity contribution is 6.05. The van der Waals surface area contributed by atoms with Crippen molar-refractivity contribution in [2.75, 3.05) is 17.2 Å². The summed E-state index contributed by atoms with van der Waals surface area (Å²) in [7, 11) is 0. The first-order valence-electron chi connectivity index (χ1n) is 9.85. The highest BCUT2D eigenvalue weighted by atomic mass is 19.4. The molecule has 3 aromatic rings. The van der Waals surface area contributed by atoms with Gasteiger partial charge >= 0.3 is 6.18 Å². The lowest BCUT2D eigenvalue weighted by Gasteiger charge is -2.12. The number of ketones is 1. The number of anilines is 2. The van der Waals surface area contributed by atoms with Gasteiger partial charge < -0.3 is 15.4 Å². The van der Waals surface area contributed by atoms with Crippen LogP contribution in [0.3, 0.4) is 0 Å². The molecule has 0 saturated heterocycles. The number of alkyl halides is 3. The van der Waals surface area contributed by atoms with Crippen molar-refractivity contribution in [2.24, 2.45) is 0 Å². The molecule has 0 saturated carbocycles. The maximum Gasteiger partial charge on any atom is 0.416 e. The average Bonchev–Trinajstić information content (AvgIpc) is 2.78. The molecule has 0 bridgehead atoms. The number of halogens is 4. The zero-order chi connectivity index (χ0) is 24.9. The van der Waals surface area contributed by atoms with Gasteiger partial charge in [0.15, 0.2) is 12.4 Å². The van der Waals surface area contributed by atoms with Crippen molar-refractivity contribution in [3.8, 4) is 5.75 Å². The van der Waals surface area contributed by atoms with E-state index in [4.69, 9.17) is 4.74 Å². The SMILES string of the molecule is CC(=O)c1cc(F)ccc1OCC(=O)Nc1cccc(C(=O)Nc2cccc(C(F)(F)F)c2)c1. The number of amides is 2. The lowest BCUT2D eigenvalue weighted by molar-refractivity contribution is -0.137. The maximum atomic E-state index is 13.3. The third-order valence-corrected chi connectivity index (χ3v) is 4.54. The minimum Gasteiger partial charge on any atom is -0.483 e. The predicted octanol–water partition coefficient (Wildman–Crippen LogP) is 5.32. The van der Waals surface area contributed by atoms with Crippen LogP contribution >= 0.6 is 0 Å². The van der Waals surface area contributed by atoms with E-state index in [1.807, 2.05) is 0 Å². The van der Waals surface area contributed by atoms with Gasteiger partial charge in [-0.1, -0.05) is 12.1 Å². The van der Waals surface area contributed by atoms with Crippen LogP contribution in [0, 0.1) is 5.82 Å². The fourth-order valence-electron chi connectivity index (χ4n) is 2.96. The Hall–Kier alpha value is -4.21. The second kappa shape index (κ2) is 10.2. The summed E-state index contributed by atoms with van der Waals surface area (Å²) in [6.07, 6.45) is -4.55. The number of Topliss-reactive ketones (excluding diaryl/α,β-unsaturated/α-hetero) is 1. The molecule has 0 spiro atoms. The Kier molecular flexibility index (Phi) is 7.30. The molecule has 2 N–H and O–H groups in total. The van der Waals surface area contributed by atoms with E-state index in [1.54, 1.807) is 0 Å². The van der Waals surface area contributed by atoms with Gasteiger partial charge in [0.05, 0.1) is 11.1 Å². The molecule has 10 heteroatoms. The molecule has 3 aromatic carbocycles. The number of nitrogens with one attached hydrogen (secondary N) is 2. The minimum atomic E-state index is -4.55. The van der Waals surface area contributed by atoms with Crippen LogP contribution in [0.4, 0.5) is 28.9 Å². The highest BCUT2D eigenvalue weighted by Gasteiger charge is 2.30. The van der Waals surface area contributed by atoms with Crippen molar-refractivity contribution in [2.45, 2.75) is 13.1 Å². The van der Waals surface area contributed by atoms with E-state index in [0.717, 1.165) is 24.3 Å². The van der Waals surface area contributed by atoms with Crippen molar-refractivity contribution >= 4 is 29.0 Å². The van der Waals surface area contributed by atoms with E-state index in [9.17, 15) is 31.9 Å². The average molecular weight is 474 g/mol. The maximum absolute atomic E-state index is 13.3. The Balaban J connectivity index is 1.64. The topological polar surface area (TPSA) is 84.5 Å². The van der Waals surface area contributed by atoms with Crippen LogP contribution in [0.15, 0.2) is 66.7 Å². The van der Waals surface area contributed by atoms with Gasteiger partial charge in [-0.05, 0) is 61.5 Å². The lowest BCUT2D eigenvalue weighted by Crippen LogP contribution is -2.21. The van der Waals surface area contributed by atoms with Gasteiger partial charge in [-0.25, -0.2) is 4.39 Å². The molecule has 0 aliphatic carbocycles. The van der Waals surface area contributed by atoms with E-state index in [-0.39, 0.29) is 28.3 Å². The zero-order valence-electron chi connectivity index (χ0n) is 17.7. The number of carbonyl (C=O) groups is 3. The molecule has 34 heavy (non-hydrogen) atoms. The molecule has 2 amide bonds. The molecular weight excluding hydrogens is 456 g/mol. The van der Waals surface area contributed by atoms with Gasteiger partial charge in [0.2, 0.25) is 0 Å². The number of hydrogen-bond acceptors (Lipinski definition) is 4. The molecule has 0 unspecified atom stereocenters. The van der Waals surface area contributed by atoms with Gasteiger partial charge in [-0.15, -0.1) is 0 Å². The number of rotatable bonds is 7. The van der Waals surface area contributed by atoms with E-state index >= 15 is 0 Å². The molecule has 0 aromatic heterocycles. The van der Waals surface area contributed by atoms with E-state index < -0.39 is 41.8 Å². The van der Waals surface area contributed by atoms with Crippen molar-refractivity contribution in [1.29, 1.82) is 0 Å². The van der Waals surface area contributed by atoms with Crippen molar-refractivity contribution < 1.29 is 36.7 Å². The first-order chi connectivity index (χ1) is 16.0. The number of carbonyl (C=O) groups excluding carboxylic acids is 3. The predicted molar refractivity (Wildman–Crippen MR) is 116 cm³/mol. The van der Waals surface area contributed by atoms with Crippen molar-refractivity contribution in [1.82, 2.24) is 0 Å². The van der Waals surface area contributed by atoms with Crippen LogP contribution in [0.1, 0.15) is 33.2 Å². The first-order valence-corrected chi connectivity index (χ1v) is 9.85. The van der Waals surface area contributed by atoms with Crippen LogP contribution in [0.2, 0.25) is 0 Å². The largest absolute Gasteiger partial charge is 0.483 e. The van der Waals surface area contributed by atoms with Crippen molar-refractivity contribution in [3.63, 3.8) is 0 Å². The molecule has 0 atom stereocenters. The van der Waals surface area contributed by atoms with Gasteiger partial charge in [0, 0.05) is 16.9 Å². The Bertz CT molecular complexity index is 1240. The normalized spacial score (nSPS) is 11.0. The minimum absolute atomic E-state index is 0.0129. The molecule has 6 nitrogen and oxygen atoms in total. The molecule has 0 aliphatic rings. The third kappa shape index (κ3) is 6.41. The molecule has 0 fully saturated rings. The summed E-state index contributed by atoms with van der Waals surface area (Å²) >= 11 is 0. The first kappa shape index (κ1) is 24.4. The summed E-state index contributed by atoms with van der Waals surface area (Å²) in [6, 6.07) is 13.3. The van der Waals surface area contributed by atoms with E-state index in [1.165, 1.54) is 49.4 Å². The fourth-order valence-corrected chi connectivity index (χ4v) is 2.96. The van der Waals surface area contributed by atoms with Crippen LogP contribution in [0.5, 0.6) is 5.75 Å². The van der Waals surface area contributed by atoms with Gasteiger partial charge in [-0.3, -0.25) is 14.4 Å². The summed E-state index contributed by atoms with van der Waals surface area (Å²) in [5.74, 6) is -2.31. The van der Waals surface area contributed by atoms with Gasteiger partial charge in [-0.2, -0.15) is 13.2 Å². The summed E-state index contributed by atoms with van der Waals surface area (Å²) in [6.45, 7) is 0.740. The number of benzene rings is 3. The Labute approximate surface area is 191 Å². The monoisotopic (exact) mass is 474 g/mol. The second-order valence-corrected chi connectivity index (χ2v) is 7.15. The Morgan fingerprint density at radius 3 is 2.24 bits per heavy atom. The van der Waals surface area contributed by atoms with E-state index in [2.05, 4.69) is 10.6 Å². The zero-order valence-corrected chi connectivity index (χ0v) is 17.7. The Morgan fingerprint density at radius 1 is 0.882 bits per heavy atom. The summed E-state index contributed by atoms with van der Waals surface area (Å²) in [4.78, 5) is 36.3. The smallest absolute Gasteiger partial charge is 0.416 e.